The number of carboxylic acid groups (broad SMARTS) is 1. The number of nitrogens with two attached hydrogens (primary N) is 6. The summed E-state index contributed by atoms with van der Waals surface area (Å²) in [6.07, 6.45) is 15.8. The van der Waals surface area contributed by atoms with Crippen LogP contribution in [0, 0.1) is 20.8 Å². The molecule has 732 valence electrons. The Kier molecular flexibility index (Phi) is 38.3. The van der Waals surface area contributed by atoms with Crippen LogP contribution in [0.15, 0.2) is 211 Å². The number of fused-ring (bicyclic) bond motifs is 3. The Balaban J connectivity index is 0.000000177. The Morgan fingerprint density at radius 1 is 0.410 bits per heavy atom. The molecule has 0 aliphatic rings. The zero-order valence-corrected chi connectivity index (χ0v) is 78.9. The molecule has 0 fully saturated rings. The van der Waals surface area contributed by atoms with E-state index in [0.717, 1.165) is 97.6 Å². The lowest BCUT2D eigenvalue weighted by Gasteiger charge is -2.08. The van der Waals surface area contributed by atoms with Crippen LogP contribution in [0.3, 0.4) is 0 Å². The number of unbranched alkanes of at least 4 members (excludes halogenated alkanes) is 6. The molecule has 0 radical (unpaired) electrons. The largest absolute Gasteiger partial charge is 0.481 e. The van der Waals surface area contributed by atoms with Crippen LogP contribution in [-0.4, -0.2) is 148 Å². The number of carboxylic acids is 1. The van der Waals surface area contributed by atoms with E-state index in [0.29, 0.717) is 157 Å². The lowest BCUT2D eigenvalue weighted by atomic mass is 10.0. The van der Waals surface area contributed by atoms with Gasteiger partial charge in [0.15, 0.2) is 38.4 Å². The van der Waals surface area contributed by atoms with Crippen molar-refractivity contribution in [2.24, 2.45) is 11.5 Å². The van der Waals surface area contributed by atoms with E-state index in [2.05, 4.69) is 107 Å². The number of amides is 2. The second-order valence-corrected chi connectivity index (χ2v) is 37.1. The Labute approximate surface area is 799 Å². The monoisotopic (exact) mass is 1960 g/mol. The number of aromatic nitrogens is 15. The number of aryl methyl sites for hydroxylation is 5. The van der Waals surface area contributed by atoms with Crippen LogP contribution < -0.4 is 68.7 Å². The maximum Gasteiger partial charge on any atom is 0.303 e. The van der Waals surface area contributed by atoms with E-state index in [1.54, 1.807) is 51.1 Å². The molecule has 2 amide bonds. The second-order valence-electron chi connectivity index (χ2n) is 31.8. The highest BCUT2D eigenvalue weighted by Crippen LogP contribution is 2.28. The highest BCUT2D eigenvalue weighted by molar-refractivity contribution is 7.93. The summed E-state index contributed by atoms with van der Waals surface area (Å²) in [5, 5.41) is 25.2. The number of nitrogen functional groups attached to an aromatic ring is 4. The maximum absolute atomic E-state index is 12.6. The third-order valence-electron chi connectivity index (χ3n) is 20.6. The van der Waals surface area contributed by atoms with Gasteiger partial charge >= 0.3 is 5.97 Å². The molecular weight excluding hydrogens is 1850 g/mol. The lowest BCUT2D eigenvalue weighted by molar-refractivity contribution is -0.138. The number of carbonyl (C=O) groups excluding carboxylic acids is 4. The van der Waals surface area contributed by atoms with Crippen molar-refractivity contribution in [3.05, 3.63) is 245 Å². The van der Waals surface area contributed by atoms with Crippen molar-refractivity contribution in [2.45, 2.75) is 183 Å². The summed E-state index contributed by atoms with van der Waals surface area (Å²) in [4.78, 5) is 104. The maximum atomic E-state index is 12.6. The molecule has 0 atom stereocenters. The van der Waals surface area contributed by atoms with Crippen molar-refractivity contribution in [3.63, 3.8) is 0 Å². The minimum atomic E-state index is -3.76. The van der Waals surface area contributed by atoms with Gasteiger partial charge in [-0.3, -0.25) is 33.4 Å². The Hall–Kier alpha value is -15.7. The summed E-state index contributed by atoms with van der Waals surface area (Å²) < 4.78 is 110. The molecule has 43 nitrogen and oxygen atoms in total. The fourth-order valence-corrected chi connectivity index (χ4v) is 16.5. The number of benzene rings is 6. The smallest absolute Gasteiger partial charge is 0.303 e. The number of ether oxygens (including phenoxy) is 3. The topological polar surface area (TPSA) is 681 Å². The van der Waals surface area contributed by atoms with Crippen molar-refractivity contribution in [2.75, 3.05) is 50.8 Å². The molecule has 6 aromatic carbocycles. The average Bonchev–Trinajstić information content (AvgIpc) is 1.73. The number of rotatable bonds is 45. The summed E-state index contributed by atoms with van der Waals surface area (Å²) in [6, 6.07) is 46.6. The standard InChI is InChI=1S/C36H43N7O6S.C18H19N5O4.C16H22N4O4S.C13H14N6O.C10H11N3O3S/c1-25-20-29(43-49-25)23-50(46,47)31-17-15-27(16-18-31)21-30(44)9-5-3-7-19-38-32(45)10-6-2-4-8-26-11-13-28(14-12-26)22-48-35-33-34(40-24-39-33)41-36(37)42-35;19-18-22-16-15(20-10-21-16)17(23-18)27-9-12-3-1-11(2-4-12)5-6-13(24)7-8-14(25)26;1-12-11-15(19-24-12)20-25(22,23)14-8-6-13(7-9-14)18-16(21)5-3-2-4-10-17;14-5-8-1-3-9(4-2-8)6-20-12-10-11(17-7-16-10)18-13(15)19-12;1-7-6-10(12-16-7)13-17(14,15)9-4-2-8(11)3-5-9/h11-18,20,24H,2-10,19,21-23H2,1H3,(H,38,45)(H3,37,39,40,41,42);1-4,10H,5-9H2,(H,25,26)(H3,19,20,21,22,23);6-9,11H,2-5,10,17H2,1H3,(H,18,21)(H,19,20);1-4,7H,5-6,14H2,(H3,15,16,17,18,19);2-6H,11H2,1H3,(H,12,13). The van der Waals surface area contributed by atoms with E-state index in [9.17, 15) is 49.2 Å². The van der Waals surface area contributed by atoms with Gasteiger partial charge in [-0.1, -0.05) is 120 Å². The second kappa shape index (κ2) is 51.3. The van der Waals surface area contributed by atoms with Crippen molar-refractivity contribution in [1.82, 2.24) is 80.6 Å². The first-order valence-electron chi connectivity index (χ1n) is 44.1. The van der Waals surface area contributed by atoms with E-state index >= 15 is 0 Å². The molecule has 9 heterocycles. The number of aliphatic carboxylic acids is 1. The van der Waals surface area contributed by atoms with Gasteiger partial charge in [0, 0.05) is 81.2 Å². The fourth-order valence-electron chi connectivity index (χ4n) is 13.3. The van der Waals surface area contributed by atoms with E-state index < -0.39 is 35.9 Å². The zero-order valence-electron chi connectivity index (χ0n) is 76.4. The van der Waals surface area contributed by atoms with Crippen molar-refractivity contribution in [1.29, 1.82) is 0 Å². The molecule has 20 N–H and O–H groups in total. The molecule has 46 heteroatoms. The number of hydrogen-bond acceptors (Lipinski definition) is 35. The molecule has 0 aliphatic carbocycles. The van der Waals surface area contributed by atoms with Crippen molar-refractivity contribution < 1.29 is 82.1 Å². The minimum Gasteiger partial charge on any atom is -0.481 e. The van der Waals surface area contributed by atoms with Crippen LogP contribution in [0.2, 0.25) is 0 Å². The molecule has 0 unspecified atom stereocenters. The number of sulfone groups is 1. The lowest BCUT2D eigenvalue weighted by Crippen LogP contribution is -2.24. The fraction of sp³-hybridized carbons (Fsp3) is 0.301. The van der Waals surface area contributed by atoms with Gasteiger partial charge in [-0.05, 0) is 178 Å². The van der Waals surface area contributed by atoms with Crippen LogP contribution in [-0.2, 0) is 105 Å². The number of Topliss-reactive ketones (excluding diaryl/α,β-unsaturated/α-hetero) is 2. The molecule has 139 heavy (non-hydrogen) atoms. The number of nitrogens with one attached hydrogen (secondary N) is 7. The average molecular weight is 1960 g/mol. The predicted molar refractivity (Wildman–Crippen MR) is 517 cm³/mol. The third kappa shape index (κ3) is 34.0. The molecule has 15 aromatic rings. The van der Waals surface area contributed by atoms with Gasteiger partial charge in [0.2, 0.25) is 47.3 Å². The van der Waals surface area contributed by atoms with E-state index in [1.807, 2.05) is 60.7 Å². The van der Waals surface area contributed by atoms with Crippen molar-refractivity contribution in [3.8, 4) is 17.6 Å². The zero-order chi connectivity index (χ0) is 99.3. The quantitative estimate of drug-likeness (QED) is 0.0124. The van der Waals surface area contributed by atoms with Crippen LogP contribution >= 0.6 is 0 Å². The van der Waals surface area contributed by atoms with Crippen LogP contribution in [0.4, 0.5) is 40.9 Å². The van der Waals surface area contributed by atoms with E-state index in [-0.39, 0.29) is 92.6 Å². The number of carbonyl (C=O) groups is 5. The number of anilines is 7. The molecule has 0 saturated heterocycles. The highest BCUT2D eigenvalue weighted by atomic mass is 32.2. The van der Waals surface area contributed by atoms with Gasteiger partial charge in [-0.15, -0.1) is 0 Å². The SMILES string of the molecule is Cc1cc(CS(=O)(=O)c2ccc(CC(=O)CCCCCNC(=O)CCCCCc3ccc(COc4nc(N)nc5nc[nH]c45)cc3)cc2)no1.Cc1cc(NS(=O)(=O)c2ccc(N)cc2)no1.Cc1cc(NS(=O)(=O)c2ccc(NC(=O)CCCCCN)cc2)no1.NCc1ccc(COc2nc(N)nc3nc[nH]c23)cc1.Nc1nc(OCc2ccc(CCC(=O)CCC(=O)O)cc2)c2[nH]cnc2n1. The first-order chi connectivity index (χ1) is 66.8. The minimum absolute atomic E-state index is 0.0465. The van der Waals surface area contributed by atoms with E-state index in [1.165, 1.54) is 85.2 Å². The molecule has 0 spiro atoms. The normalized spacial score (nSPS) is 11.2. The number of hydrogen-bond donors (Lipinski definition) is 14. The summed E-state index contributed by atoms with van der Waals surface area (Å²) >= 11 is 0. The van der Waals surface area contributed by atoms with Gasteiger partial charge in [0.25, 0.3) is 20.0 Å². The van der Waals surface area contributed by atoms with Gasteiger partial charge in [-0.2, -0.15) is 29.9 Å². The van der Waals surface area contributed by atoms with Gasteiger partial charge in [-0.25, -0.2) is 40.2 Å². The molecule has 15 rings (SSSR count). The number of imidazole rings is 3. The van der Waals surface area contributed by atoms with Gasteiger partial charge in [0.1, 0.15) is 71.0 Å². The molecular formula is C93H109N25O18S3. The number of ketones is 2. The summed E-state index contributed by atoms with van der Waals surface area (Å²) in [5.74, 6) is 2.12. The molecule has 9 aromatic heterocycles. The first kappa shape index (κ1) is 104. The van der Waals surface area contributed by atoms with Crippen LogP contribution in [0.25, 0.3) is 33.5 Å². The van der Waals surface area contributed by atoms with Gasteiger partial charge in [0.05, 0.1) is 45.8 Å². The van der Waals surface area contributed by atoms with E-state index in [4.69, 9.17) is 67.3 Å². The summed E-state index contributed by atoms with van der Waals surface area (Å²) in [7, 11) is -11.0. The Morgan fingerprint density at radius 3 is 1.28 bits per heavy atom. The number of aromatic amines is 3. The molecule has 0 saturated carbocycles. The summed E-state index contributed by atoms with van der Waals surface area (Å²) in [5.41, 5.74) is 45.2. The molecule has 0 aliphatic heterocycles. The van der Waals surface area contributed by atoms with Crippen LogP contribution in [0.5, 0.6) is 17.6 Å². The number of sulfonamides is 2. The van der Waals surface area contributed by atoms with Crippen molar-refractivity contribution >= 4 is 134 Å². The van der Waals surface area contributed by atoms with Gasteiger partial charge < -0.3 is 92.9 Å². The first-order valence-corrected chi connectivity index (χ1v) is 48.8. The summed E-state index contributed by atoms with van der Waals surface area (Å²) in [6.45, 7) is 7.82. The Morgan fingerprint density at radius 2 is 0.827 bits per heavy atom. The predicted octanol–water partition coefficient (Wildman–Crippen LogP) is 11.8. The molecule has 0 bridgehead atoms. The number of H-pyrrole nitrogens is 3. The van der Waals surface area contributed by atoms with Crippen LogP contribution in [0.1, 0.15) is 158 Å². The third-order valence-corrected chi connectivity index (χ3v) is 25.0. The number of nitrogens with zero attached hydrogens (tertiary/aromatic N) is 12. The highest BCUT2D eigenvalue weighted by Gasteiger charge is 2.23. The Bertz CT molecular complexity index is 6900.